The van der Waals surface area contributed by atoms with Gasteiger partial charge in [-0.1, -0.05) is 12.6 Å². The number of amides is 1. The first-order chi connectivity index (χ1) is 23.3. The molecule has 15 heteroatoms. The van der Waals surface area contributed by atoms with Crippen LogP contribution in [0.2, 0.25) is 0 Å². The quantitative estimate of drug-likeness (QED) is 0.123. The van der Waals surface area contributed by atoms with Gasteiger partial charge in [0.15, 0.2) is 0 Å². The van der Waals surface area contributed by atoms with Gasteiger partial charge in [0.05, 0.1) is 44.3 Å². The third kappa shape index (κ3) is 5.60. The van der Waals surface area contributed by atoms with Crippen LogP contribution < -0.4 is 15.2 Å². The van der Waals surface area contributed by atoms with Crippen LogP contribution in [0.15, 0.2) is 36.9 Å². The highest BCUT2D eigenvalue weighted by molar-refractivity contribution is 7.23. The Kier molecular flexibility index (Phi) is 8.14. The number of ether oxygens (including phenoxy) is 2. The minimum Gasteiger partial charge on any atom is -0.471 e. The lowest BCUT2D eigenvalue weighted by molar-refractivity contribution is -0.137. The van der Waals surface area contributed by atoms with Crippen molar-refractivity contribution in [3.8, 4) is 23.0 Å². The molecule has 256 valence electrons. The normalized spacial score (nSPS) is 24.0. The first-order valence-electron chi connectivity index (χ1n) is 15.8. The van der Waals surface area contributed by atoms with Crippen LogP contribution in [-0.4, -0.2) is 75.8 Å². The van der Waals surface area contributed by atoms with Crippen LogP contribution in [0.25, 0.3) is 37.0 Å². The number of carbonyl (C=O) groups excluding carboxylic acids is 1. The summed E-state index contributed by atoms with van der Waals surface area (Å²) in [5.74, 6) is -1.20. The van der Waals surface area contributed by atoms with Gasteiger partial charge in [0.1, 0.15) is 24.7 Å². The predicted octanol–water partition coefficient (Wildman–Crippen LogP) is 7.31. The van der Waals surface area contributed by atoms with E-state index in [0.29, 0.717) is 25.9 Å². The molecule has 7 rings (SSSR count). The molecule has 0 spiro atoms. The van der Waals surface area contributed by atoms with Crippen molar-refractivity contribution >= 4 is 48.9 Å². The maximum atomic E-state index is 14.9. The molecule has 2 N–H and O–H groups in total. The molecule has 0 unspecified atom stereocenters. The topological polar surface area (TPSA) is 98.2 Å². The zero-order valence-corrected chi connectivity index (χ0v) is 27.1. The van der Waals surface area contributed by atoms with Crippen molar-refractivity contribution in [1.29, 1.82) is 0 Å². The first-order valence-corrected chi connectivity index (χ1v) is 16.6. The molecule has 3 saturated heterocycles. The fourth-order valence-corrected chi connectivity index (χ4v) is 8.47. The average molecular weight is 699 g/mol. The lowest BCUT2D eigenvalue weighted by Gasteiger charge is -2.31. The van der Waals surface area contributed by atoms with E-state index in [4.69, 9.17) is 21.8 Å². The van der Waals surface area contributed by atoms with E-state index in [0.717, 1.165) is 36.4 Å². The number of carbonyl (C=O) groups is 1. The standard InChI is InChI=1S/C34H31F5N6O3S/c1-4-26(46)45-11-8-25(17(45)2)48-31-21-12-22(34(37,38)39)20(19-6-7-23(36)29-27(19)28(41-3)30(40)49-29)13-24(21)42-32(43-31)47-16-33-9-5-10-44(33)15-18(35)14-33/h4,6-7,12-13,17-18,25H,1,5,8-11,14-16,40H2,2H3/t17-,18-,25+,33+/m1/s1. The van der Waals surface area contributed by atoms with E-state index in [-0.39, 0.29) is 73.6 Å². The number of benzene rings is 2. The Balaban J connectivity index is 1.39. The third-order valence-corrected chi connectivity index (χ3v) is 10.9. The maximum absolute atomic E-state index is 14.9. The average Bonchev–Trinajstić information content (AvgIpc) is 3.80. The van der Waals surface area contributed by atoms with Crippen LogP contribution in [-0.2, 0) is 11.0 Å². The molecule has 0 radical (unpaired) electrons. The fourth-order valence-electron chi connectivity index (χ4n) is 7.54. The number of thiophene rings is 1. The molecular formula is C34H31F5N6O3S. The molecule has 3 fully saturated rings. The van der Waals surface area contributed by atoms with Gasteiger partial charge in [-0.05, 0) is 61.7 Å². The van der Waals surface area contributed by atoms with Gasteiger partial charge >= 0.3 is 12.2 Å². The zero-order chi connectivity index (χ0) is 34.8. The summed E-state index contributed by atoms with van der Waals surface area (Å²) in [6.07, 6.45) is -3.10. The lowest BCUT2D eigenvalue weighted by atomic mass is 9.94. The van der Waals surface area contributed by atoms with Crippen LogP contribution >= 0.6 is 11.3 Å². The molecule has 3 aliphatic heterocycles. The summed E-state index contributed by atoms with van der Waals surface area (Å²) in [4.78, 5) is 28.4. The number of aromatic nitrogens is 2. The summed E-state index contributed by atoms with van der Waals surface area (Å²) >= 11 is 0.785. The number of hydrogen-bond donors (Lipinski definition) is 1. The number of fused-ring (bicyclic) bond motifs is 3. The first kappa shape index (κ1) is 33.0. The summed E-state index contributed by atoms with van der Waals surface area (Å²) in [5.41, 5.74) is 3.86. The molecule has 9 nitrogen and oxygen atoms in total. The number of halogens is 5. The molecule has 2 aromatic heterocycles. The molecule has 4 aromatic rings. The third-order valence-electron chi connectivity index (χ3n) is 9.91. The minimum atomic E-state index is -4.90. The van der Waals surface area contributed by atoms with Crippen molar-refractivity contribution in [2.45, 2.75) is 62.6 Å². The number of likely N-dealkylation sites (tertiary alicyclic amines) is 1. The molecule has 2 aromatic carbocycles. The smallest absolute Gasteiger partial charge is 0.417 e. The van der Waals surface area contributed by atoms with Gasteiger partial charge in [-0.3, -0.25) is 9.69 Å². The van der Waals surface area contributed by atoms with Crippen LogP contribution in [0.4, 0.5) is 32.6 Å². The van der Waals surface area contributed by atoms with Crippen LogP contribution in [0.1, 0.15) is 38.2 Å². The Labute approximate surface area is 281 Å². The Morgan fingerprint density at radius 3 is 2.80 bits per heavy atom. The van der Waals surface area contributed by atoms with Gasteiger partial charge in [-0.15, -0.1) is 11.3 Å². The van der Waals surface area contributed by atoms with Crippen molar-refractivity contribution < 1.29 is 36.2 Å². The number of anilines is 1. The van der Waals surface area contributed by atoms with Gasteiger partial charge in [0, 0.05) is 31.3 Å². The van der Waals surface area contributed by atoms with E-state index < -0.39 is 41.4 Å². The number of nitrogens with zero attached hydrogens (tertiary/aromatic N) is 5. The summed E-state index contributed by atoms with van der Waals surface area (Å²) < 4.78 is 86.4. The van der Waals surface area contributed by atoms with Gasteiger partial charge in [-0.2, -0.15) is 23.1 Å². The molecule has 49 heavy (non-hydrogen) atoms. The Morgan fingerprint density at radius 2 is 2.06 bits per heavy atom. The highest BCUT2D eigenvalue weighted by Crippen LogP contribution is 2.50. The Hall–Kier alpha value is -4.55. The predicted molar refractivity (Wildman–Crippen MR) is 175 cm³/mol. The van der Waals surface area contributed by atoms with Crippen molar-refractivity contribution in [3.63, 3.8) is 0 Å². The summed E-state index contributed by atoms with van der Waals surface area (Å²) in [6, 6.07) is 3.69. The largest absolute Gasteiger partial charge is 0.471 e. The highest BCUT2D eigenvalue weighted by Gasteiger charge is 2.49. The van der Waals surface area contributed by atoms with E-state index in [1.807, 2.05) is 0 Å². The van der Waals surface area contributed by atoms with Crippen molar-refractivity contribution in [2.75, 3.05) is 32.0 Å². The number of alkyl halides is 4. The minimum absolute atomic E-state index is 0.0168. The molecule has 4 atom stereocenters. The second-order valence-electron chi connectivity index (χ2n) is 12.7. The number of rotatable bonds is 7. The summed E-state index contributed by atoms with van der Waals surface area (Å²) in [5, 5.41) is -0.113. The summed E-state index contributed by atoms with van der Waals surface area (Å²) in [6.45, 7) is 14.4. The fraction of sp³-hybridized carbons (Fsp3) is 0.412. The molecule has 1 amide bonds. The Morgan fingerprint density at radius 1 is 1.27 bits per heavy atom. The molecule has 0 aliphatic carbocycles. The monoisotopic (exact) mass is 698 g/mol. The second-order valence-corrected chi connectivity index (χ2v) is 13.8. The highest BCUT2D eigenvalue weighted by atomic mass is 32.1. The van der Waals surface area contributed by atoms with Crippen molar-refractivity contribution in [1.82, 2.24) is 19.8 Å². The lowest BCUT2D eigenvalue weighted by Crippen LogP contribution is -2.43. The zero-order valence-electron chi connectivity index (χ0n) is 26.3. The van der Waals surface area contributed by atoms with E-state index in [1.54, 1.807) is 11.8 Å². The molecule has 0 saturated carbocycles. The van der Waals surface area contributed by atoms with Crippen LogP contribution in [0.3, 0.4) is 0 Å². The molecule has 3 aliphatic rings. The SMILES string of the molecule is [C-]#[N+]c1c(N)sc2c(F)ccc(-c3cc4nc(OC[C@@]56CCCN5C[C@H](F)C6)nc(O[C@H]5CCN(C(=O)C=C)[C@@H]5C)c4cc3C(F)(F)F)c12. The van der Waals surface area contributed by atoms with E-state index in [1.165, 1.54) is 18.2 Å². The van der Waals surface area contributed by atoms with E-state index >= 15 is 0 Å². The molecule has 5 heterocycles. The number of nitrogens with two attached hydrogens (primary N) is 1. The van der Waals surface area contributed by atoms with Crippen molar-refractivity contribution in [3.05, 3.63) is 59.7 Å². The van der Waals surface area contributed by atoms with Gasteiger partial charge < -0.3 is 20.1 Å². The van der Waals surface area contributed by atoms with E-state index in [2.05, 4.69) is 26.3 Å². The van der Waals surface area contributed by atoms with Gasteiger partial charge in [0.25, 0.3) is 0 Å². The van der Waals surface area contributed by atoms with E-state index in [9.17, 15) is 26.7 Å². The second kappa shape index (κ2) is 12.1. The number of nitrogen functional groups attached to an aromatic ring is 1. The Bertz CT molecular complexity index is 2050. The van der Waals surface area contributed by atoms with Gasteiger partial charge in [0.2, 0.25) is 17.5 Å². The molecule has 0 bridgehead atoms. The van der Waals surface area contributed by atoms with Crippen molar-refractivity contribution in [2.24, 2.45) is 0 Å². The number of hydrogen-bond acceptors (Lipinski definition) is 8. The maximum Gasteiger partial charge on any atom is 0.417 e. The molecular weight excluding hydrogens is 667 g/mol. The summed E-state index contributed by atoms with van der Waals surface area (Å²) in [7, 11) is 0. The van der Waals surface area contributed by atoms with Gasteiger partial charge in [-0.25, -0.2) is 13.6 Å². The van der Waals surface area contributed by atoms with Crippen LogP contribution in [0.5, 0.6) is 11.9 Å². The van der Waals surface area contributed by atoms with Crippen LogP contribution in [0, 0.1) is 12.4 Å².